The Morgan fingerprint density at radius 1 is 1.29 bits per heavy atom. The van der Waals surface area contributed by atoms with Gasteiger partial charge < -0.3 is 29.1 Å². The van der Waals surface area contributed by atoms with Crippen LogP contribution in [-0.4, -0.2) is 67.3 Å². The second-order valence-corrected chi connectivity index (χ2v) is 8.13. The zero-order valence-electron chi connectivity index (χ0n) is 17.8. The van der Waals surface area contributed by atoms with Crippen molar-refractivity contribution in [3.8, 4) is 11.3 Å². The summed E-state index contributed by atoms with van der Waals surface area (Å²) < 4.78 is 31.8. The van der Waals surface area contributed by atoms with E-state index < -0.39 is 0 Å². The number of aromatic nitrogens is 1. The molecule has 2 aliphatic rings. The largest absolute Gasteiger partial charge is 0.378 e. The van der Waals surface area contributed by atoms with E-state index in [2.05, 4.69) is 20.3 Å². The molecule has 168 valence electrons. The van der Waals surface area contributed by atoms with Gasteiger partial charge in [0.1, 0.15) is 11.5 Å². The Kier molecular flexibility index (Phi) is 7.37. The monoisotopic (exact) mass is 448 g/mol. The van der Waals surface area contributed by atoms with Gasteiger partial charge in [-0.1, -0.05) is 17.3 Å². The average Bonchev–Trinajstić information content (AvgIpc) is 3.44. The van der Waals surface area contributed by atoms with Gasteiger partial charge in [0.25, 0.3) is 0 Å². The molecule has 9 heteroatoms. The predicted molar refractivity (Wildman–Crippen MR) is 121 cm³/mol. The molecule has 3 heterocycles. The molecule has 1 aromatic heterocycles. The molecule has 0 unspecified atom stereocenters. The van der Waals surface area contributed by atoms with Gasteiger partial charge in [-0.2, -0.15) is 0 Å². The van der Waals surface area contributed by atoms with E-state index in [4.69, 9.17) is 26.2 Å². The number of thiocarbonyl (C=S) groups is 1. The Labute approximate surface area is 187 Å². The molecular weight excluding hydrogens is 419 g/mol. The number of halogens is 1. The van der Waals surface area contributed by atoms with Crippen molar-refractivity contribution < 1.29 is 18.4 Å². The number of hydrogen-bond acceptors (Lipinski definition) is 6. The van der Waals surface area contributed by atoms with Gasteiger partial charge in [-0.3, -0.25) is 0 Å². The fourth-order valence-corrected chi connectivity index (χ4v) is 4.31. The zero-order valence-corrected chi connectivity index (χ0v) is 18.6. The van der Waals surface area contributed by atoms with Crippen molar-refractivity contribution in [1.29, 1.82) is 0 Å². The summed E-state index contributed by atoms with van der Waals surface area (Å²) in [6.45, 7) is 7.25. The summed E-state index contributed by atoms with van der Waals surface area (Å²) in [5.74, 6) is 0.323. The first kappa shape index (κ1) is 22.0. The Morgan fingerprint density at radius 3 is 2.81 bits per heavy atom. The average molecular weight is 449 g/mol. The fraction of sp³-hybridized carbons (Fsp3) is 0.545. The number of ether oxygens (including phenoxy) is 2. The van der Waals surface area contributed by atoms with Crippen LogP contribution < -0.4 is 10.2 Å². The lowest BCUT2D eigenvalue weighted by atomic mass is 10.1. The van der Waals surface area contributed by atoms with Crippen molar-refractivity contribution in [3.05, 3.63) is 35.6 Å². The van der Waals surface area contributed by atoms with Crippen LogP contribution in [0.5, 0.6) is 0 Å². The smallest absolute Gasteiger partial charge is 0.233 e. The number of nitrogens with one attached hydrogen (secondary N) is 1. The van der Waals surface area contributed by atoms with Crippen molar-refractivity contribution >= 4 is 23.2 Å². The topological polar surface area (TPSA) is 63.0 Å². The van der Waals surface area contributed by atoms with Crippen LogP contribution in [0.25, 0.3) is 11.3 Å². The normalized spacial score (nSPS) is 18.9. The van der Waals surface area contributed by atoms with Gasteiger partial charge in [0, 0.05) is 38.3 Å². The van der Waals surface area contributed by atoms with E-state index in [0.29, 0.717) is 61.6 Å². The van der Waals surface area contributed by atoms with E-state index >= 15 is 0 Å². The molecule has 1 N–H and O–H groups in total. The van der Waals surface area contributed by atoms with Crippen LogP contribution in [0.2, 0.25) is 0 Å². The van der Waals surface area contributed by atoms with Crippen LogP contribution >= 0.6 is 12.2 Å². The second kappa shape index (κ2) is 10.4. The third kappa shape index (κ3) is 5.16. The lowest BCUT2D eigenvalue weighted by Crippen LogP contribution is -2.43. The van der Waals surface area contributed by atoms with E-state index in [0.717, 1.165) is 31.6 Å². The van der Waals surface area contributed by atoms with Gasteiger partial charge in [-0.25, -0.2) is 4.39 Å². The number of nitrogens with zero attached hydrogens (tertiary/aromatic N) is 3. The fourth-order valence-electron chi connectivity index (χ4n) is 4.03. The SMILES string of the molecule is CCNC(=S)N(Cc1c(-c2ccccc2F)noc1N1CCOCC1)C[C@H]1CCCO1. The Bertz CT molecular complexity index is 881. The van der Waals surface area contributed by atoms with E-state index in [1.54, 1.807) is 18.2 Å². The maximum Gasteiger partial charge on any atom is 0.233 e. The van der Waals surface area contributed by atoms with E-state index in [1.807, 2.05) is 6.92 Å². The number of hydrogen-bond donors (Lipinski definition) is 1. The molecule has 2 fully saturated rings. The number of benzene rings is 1. The summed E-state index contributed by atoms with van der Waals surface area (Å²) in [6, 6.07) is 6.65. The molecule has 0 amide bonds. The molecule has 4 rings (SSSR count). The molecule has 2 saturated heterocycles. The first-order valence-electron chi connectivity index (χ1n) is 10.9. The van der Waals surface area contributed by atoms with Gasteiger partial charge in [0.2, 0.25) is 5.88 Å². The third-order valence-corrected chi connectivity index (χ3v) is 6.01. The third-order valence-electron chi connectivity index (χ3n) is 5.61. The van der Waals surface area contributed by atoms with Gasteiger partial charge in [-0.05, 0) is 44.1 Å². The van der Waals surface area contributed by atoms with Crippen molar-refractivity contribution in [2.24, 2.45) is 0 Å². The van der Waals surface area contributed by atoms with Crippen LogP contribution in [0.4, 0.5) is 10.3 Å². The van der Waals surface area contributed by atoms with Crippen molar-refractivity contribution in [2.45, 2.75) is 32.4 Å². The van der Waals surface area contributed by atoms with Gasteiger partial charge in [0.05, 0.1) is 31.4 Å². The molecule has 0 saturated carbocycles. The van der Waals surface area contributed by atoms with Crippen molar-refractivity contribution in [1.82, 2.24) is 15.4 Å². The highest BCUT2D eigenvalue weighted by atomic mass is 32.1. The van der Waals surface area contributed by atoms with Gasteiger partial charge in [0.15, 0.2) is 5.11 Å². The number of rotatable bonds is 7. The van der Waals surface area contributed by atoms with E-state index in [1.165, 1.54) is 6.07 Å². The molecule has 0 aliphatic carbocycles. The van der Waals surface area contributed by atoms with E-state index in [9.17, 15) is 4.39 Å². The molecule has 1 atom stereocenters. The number of anilines is 1. The summed E-state index contributed by atoms with van der Waals surface area (Å²) in [4.78, 5) is 4.19. The first-order valence-corrected chi connectivity index (χ1v) is 11.3. The molecule has 0 bridgehead atoms. The van der Waals surface area contributed by atoms with Crippen LogP contribution in [0, 0.1) is 5.82 Å². The van der Waals surface area contributed by atoms with Crippen LogP contribution in [0.1, 0.15) is 25.3 Å². The highest BCUT2D eigenvalue weighted by Gasteiger charge is 2.29. The molecular formula is C22H29FN4O3S. The Balaban J connectivity index is 1.69. The van der Waals surface area contributed by atoms with E-state index in [-0.39, 0.29) is 11.9 Å². The van der Waals surface area contributed by atoms with Crippen LogP contribution in [-0.2, 0) is 16.0 Å². The summed E-state index contributed by atoms with van der Waals surface area (Å²) in [5, 5.41) is 8.18. The standard InChI is InChI=1S/C22H29FN4O3S/c1-2-24-22(31)27(14-16-6-5-11-29-16)15-18-20(17-7-3-4-8-19(17)23)25-30-21(18)26-9-12-28-13-10-26/h3-4,7-8,16H,2,5-6,9-15H2,1H3,(H,24,31)/t16-/m1/s1. The highest BCUT2D eigenvalue weighted by molar-refractivity contribution is 7.80. The molecule has 31 heavy (non-hydrogen) atoms. The molecule has 7 nitrogen and oxygen atoms in total. The number of morpholine rings is 1. The van der Waals surface area contributed by atoms with Crippen molar-refractivity contribution in [2.75, 3.05) is 50.9 Å². The maximum atomic E-state index is 14.7. The van der Waals surface area contributed by atoms with Crippen LogP contribution in [0.15, 0.2) is 28.8 Å². The van der Waals surface area contributed by atoms with Crippen LogP contribution in [0.3, 0.4) is 0 Å². The molecule has 0 radical (unpaired) electrons. The summed E-state index contributed by atoms with van der Waals surface area (Å²) >= 11 is 5.67. The summed E-state index contributed by atoms with van der Waals surface area (Å²) in [5.41, 5.74) is 1.76. The van der Waals surface area contributed by atoms with Gasteiger partial charge >= 0.3 is 0 Å². The molecule has 2 aromatic rings. The van der Waals surface area contributed by atoms with Crippen molar-refractivity contribution in [3.63, 3.8) is 0 Å². The second-order valence-electron chi connectivity index (χ2n) is 7.75. The summed E-state index contributed by atoms with van der Waals surface area (Å²) in [7, 11) is 0. The minimum atomic E-state index is -0.328. The summed E-state index contributed by atoms with van der Waals surface area (Å²) in [6.07, 6.45) is 2.19. The molecule has 0 spiro atoms. The minimum Gasteiger partial charge on any atom is -0.378 e. The Morgan fingerprint density at radius 2 is 2.10 bits per heavy atom. The minimum absolute atomic E-state index is 0.125. The van der Waals surface area contributed by atoms with Gasteiger partial charge in [-0.15, -0.1) is 0 Å². The lowest BCUT2D eigenvalue weighted by molar-refractivity contribution is 0.0897. The predicted octanol–water partition coefficient (Wildman–Crippen LogP) is 3.19. The molecule has 2 aliphatic heterocycles. The maximum absolute atomic E-state index is 14.7. The zero-order chi connectivity index (χ0) is 21.6. The highest BCUT2D eigenvalue weighted by Crippen LogP contribution is 2.34. The Hall–Kier alpha value is -2.23. The quantitative estimate of drug-likeness (QED) is 0.648. The molecule has 1 aromatic carbocycles. The first-order chi connectivity index (χ1) is 15.2. The lowest BCUT2D eigenvalue weighted by Gasteiger charge is -2.30.